The molecule has 1 aromatic rings. The Balaban J connectivity index is 2.05. The topological polar surface area (TPSA) is 71.0 Å². The molecule has 0 fully saturated rings. The standard InChI is InChI=1S/C12H13N3O/c13-12(16)8-6-11(7-9-12)15-14-10-4-2-1-3-5-10/h1-8,16H,9,13H2. The summed E-state index contributed by atoms with van der Waals surface area (Å²) in [5.41, 5.74) is 5.76. The maximum absolute atomic E-state index is 9.45. The number of azo groups is 1. The fourth-order valence-corrected chi connectivity index (χ4v) is 1.32. The summed E-state index contributed by atoms with van der Waals surface area (Å²) in [6.45, 7) is 0. The molecule has 82 valence electrons. The molecular weight excluding hydrogens is 202 g/mol. The van der Waals surface area contributed by atoms with Gasteiger partial charge >= 0.3 is 0 Å². The van der Waals surface area contributed by atoms with Gasteiger partial charge in [-0.05, 0) is 24.3 Å². The largest absolute Gasteiger partial charge is 0.372 e. The molecule has 0 saturated heterocycles. The summed E-state index contributed by atoms with van der Waals surface area (Å²) in [4.78, 5) is 0. The van der Waals surface area contributed by atoms with Crippen molar-refractivity contribution < 1.29 is 5.11 Å². The molecule has 2 rings (SSSR count). The van der Waals surface area contributed by atoms with Crippen LogP contribution in [-0.4, -0.2) is 10.8 Å². The summed E-state index contributed by atoms with van der Waals surface area (Å²) in [5.74, 6) is 0. The Morgan fingerprint density at radius 1 is 1.19 bits per heavy atom. The second-order valence-corrected chi connectivity index (χ2v) is 3.69. The fourth-order valence-electron chi connectivity index (χ4n) is 1.32. The number of aliphatic hydroxyl groups is 1. The van der Waals surface area contributed by atoms with Crippen LogP contribution in [0.4, 0.5) is 5.69 Å². The van der Waals surface area contributed by atoms with Gasteiger partial charge in [-0.25, -0.2) is 0 Å². The molecule has 1 atom stereocenters. The van der Waals surface area contributed by atoms with E-state index in [1.54, 1.807) is 12.2 Å². The zero-order valence-electron chi connectivity index (χ0n) is 8.74. The Morgan fingerprint density at radius 3 is 2.56 bits per heavy atom. The van der Waals surface area contributed by atoms with Gasteiger partial charge in [0.1, 0.15) is 5.72 Å². The minimum atomic E-state index is -1.24. The molecule has 1 aromatic carbocycles. The Hall–Kier alpha value is -1.78. The van der Waals surface area contributed by atoms with Crippen LogP contribution in [0.5, 0.6) is 0 Å². The van der Waals surface area contributed by atoms with Crippen LogP contribution in [0.25, 0.3) is 0 Å². The second-order valence-electron chi connectivity index (χ2n) is 3.69. The monoisotopic (exact) mass is 215 g/mol. The Bertz CT molecular complexity index is 447. The molecule has 16 heavy (non-hydrogen) atoms. The first-order valence-electron chi connectivity index (χ1n) is 5.03. The Kier molecular flexibility index (Phi) is 2.94. The number of benzene rings is 1. The predicted octanol–water partition coefficient (Wildman–Crippen LogP) is 2.26. The highest BCUT2D eigenvalue weighted by molar-refractivity contribution is 5.35. The molecule has 0 heterocycles. The number of nitrogens with zero attached hydrogens (tertiary/aromatic N) is 2. The maximum atomic E-state index is 9.45. The summed E-state index contributed by atoms with van der Waals surface area (Å²) in [7, 11) is 0. The highest BCUT2D eigenvalue weighted by atomic mass is 16.3. The molecule has 0 spiro atoms. The van der Waals surface area contributed by atoms with Crippen LogP contribution in [0, 0.1) is 0 Å². The van der Waals surface area contributed by atoms with Gasteiger partial charge < -0.3 is 10.8 Å². The quantitative estimate of drug-likeness (QED) is 0.586. The molecule has 3 N–H and O–H groups in total. The molecule has 1 unspecified atom stereocenters. The third-order valence-corrected chi connectivity index (χ3v) is 2.22. The van der Waals surface area contributed by atoms with Gasteiger partial charge in [-0.3, -0.25) is 0 Å². The molecule has 0 saturated carbocycles. The van der Waals surface area contributed by atoms with E-state index in [4.69, 9.17) is 5.73 Å². The van der Waals surface area contributed by atoms with Crippen molar-refractivity contribution in [3.05, 3.63) is 54.3 Å². The van der Waals surface area contributed by atoms with Crippen LogP contribution in [0.3, 0.4) is 0 Å². The molecule has 0 bridgehead atoms. The minimum Gasteiger partial charge on any atom is -0.372 e. The van der Waals surface area contributed by atoms with Gasteiger partial charge in [0.05, 0.1) is 11.4 Å². The van der Waals surface area contributed by atoms with Crippen molar-refractivity contribution in [1.82, 2.24) is 0 Å². The average Bonchev–Trinajstić information content (AvgIpc) is 2.29. The Labute approximate surface area is 93.8 Å². The zero-order valence-corrected chi connectivity index (χ0v) is 8.74. The lowest BCUT2D eigenvalue weighted by Crippen LogP contribution is -2.37. The summed E-state index contributed by atoms with van der Waals surface area (Å²) in [6, 6.07) is 9.47. The third-order valence-electron chi connectivity index (χ3n) is 2.22. The molecule has 0 aromatic heterocycles. The predicted molar refractivity (Wildman–Crippen MR) is 61.9 cm³/mol. The van der Waals surface area contributed by atoms with Gasteiger partial charge in [0.2, 0.25) is 0 Å². The van der Waals surface area contributed by atoms with Crippen molar-refractivity contribution in [1.29, 1.82) is 0 Å². The second kappa shape index (κ2) is 4.38. The van der Waals surface area contributed by atoms with E-state index < -0.39 is 5.72 Å². The van der Waals surface area contributed by atoms with Crippen molar-refractivity contribution in [3.63, 3.8) is 0 Å². The van der Waals surface area contributed by atoms with Crippen LogP contribution in [0.15, 0.2) is 64.5 Å². The molecule has 1 aliphatic rings. The normalized spacial score (nSPS) is 24.8. The van der Waals surface area contributed by atoms with Gasteiger partial charge in [-0.2, -0.15) is 10.2 Å². The first-order chi connectivity index (χ1) is 7.66. The van der Waals surface area contributed by atoms with E-state index >= 15 is 0 Å². The van der Waals surface area contributed by atoms with Gasteiger partial charge in [0.15, 0.2) is 0 Å². The van der Waals surface area contributed by atoms with E-state index in [9.17, 15) is 5.11 Å². The number of allylic oxidation sites excluding steroid dienone is 1. The number of hydrogen-bond acceptors (Lipinski definition) is 4. The first-order valence-corrected chi connectivity index (χ1v) is 5.03. The van der Waals surface area contributed by atoms with Crippen LogP contribution in [0.2, 0.25) is 0 Å². The van der Waals surface area contributed by atoms with Crippen molar-refractivity contribution in [2.45, 2.75) is 12.1 Å². The van der Waals surface area contributed by atoms with Crippen LogP contribution >= 0.6 is 0 Å². The molecule has 1 aliphatic carbocycles. The van der Waals surface area contributed by atoms with Crippen LogP contribution in [0.1, 0.15) is 6.42 Å². The summed E-state index contributed by atoms with van der Waals surface area (Å²) in [6.07, 6.45) is 5.29. The average molecular weight is 215 g/mol. The van der Waals surface area contributed by atoms with Crippen molar-refractivity contribution in [3.8, 4) is 0 Å². The molecule has 4 heteroatoms. The SMILES string of the molecule is NC1(O)C=CC(N=Nc2ccccc2)=CC1. The van der Waals surface area contributed by atoms with Crippen molar-refractivity contribution >= 4 is 5.69 Å². The molecule has 4 nitrogen and oxygen atoms in total. The lowest BCUT2D eigenvalue weighted by Gasteiger charge is -2.19. The molecule has 0 radical (unpaired) electrons. The van der Waals surface area contributed by atoms with Crippen LogP contribution in [-0.2, 0) is 0 Å². The van der Waals surface area contributed by atoms with Crippen LogP contribution < -0.4 is 5.73 Å². The van der Waals surface area contributed by atoms with Gasteiger partial charge in [-0.15, -0.1) is 0 Å². The first kappa shape index (κ1) is 10.7. The minimum absolute atomic E-state index is 0.354. The fraction of sp³-hybridized carbons (Fsp3) is 0.167. The lowest BCUT2D eigenvalue weighted by atomic mass is 10.0. The lowest BCUT2D eigenvalue weighted by molar-refractivity contribution is 0.100. The summed E-state index contributed by atoms with van der Waals surface area (Å²) < 4.78 is 0. The maximum Gasteiger partial charge on any atom is 0.136 e. The molecule has 0 aliphatic heterocycles. The third kappa shape index (κ3) is 2.85. The van der Waals surface area contributed by atoms with Crippen molar-refractivity contribution in [2.24, 2.45) is 16.0 Å². The van der Waals surface area contributed by atoms with E-state index in [0.717, 1.165) is 5.69 Å². The highest BCUT2D eigenvalue weighted by Crippen LogP contribution is 2.19. The number of nitrogens with two attached hydrogens (primary N) is 1. The van der Waals surface area contributed by atoms with E-state index in [1.165, 1.54) is 6.08 Å². The van der Waals surface area contributed by atoms with Crippen molar-refractivity contribution in [2.75, 3.05) is 0 Å². The van der Waals surface area contributed by atoms with Gasteiger partial charge in [-0.1, -0.05) is 24.3 Å². The highest BCUT2D eigenvalue weighted by Gasteiger charge is 2.18. The van der Waals surface area contributed by atoms with Gasteiger partial charge in [0.25, 0.3) is 0 Å². The van der Waals surface area contributed by atoms with E-state index in [1.807, 2.05) is 30.3 Å². The molecular formula is C12H13N3O. The zero-order chi connectivity index (χ0) is 11.4. The van der Waals surface area contributed by atoms with E-state index in [2.05, 4.69) is 10.2 Å². The van der Waals surface area contributed by atoms with Gasteiger partial charge in [0, 0.05) is 6.42 Å². The Morgan fingerprint density at radius 2 is 1.94 bits per heavy atom. The number of hydrogen-bond donors (Lipinski definition) is 2. The van der Waals surface area contributed by atoms with E-state index in [-0.39, 0.29) is 0 Å². The summed E-state index contributed by atoms with van der Waals surface area (Å²) >= 11 is 0. The molecule has 0 amide bonds. The smallest absolute Gasteiger partial charge is 0.136 e. The van der Waals surface area contributed by atoms with E-state index in [0.29, 0.717) is 12.1 Å². The number of rotatable bonds is 2. The summed E-state index contributed by atoms with van der Waals surface area (Å²) in [5, 5.41) is 17.6.